The van der Waals surface area contributed by atoms with E-state index >= 15 is 0 Å². The topological polar surface area (TPSA) is 157 Å². The number of thioether (sulfide) groups is 1. The molecule has 2 heterocycles. The molecule has 2 aromatic heterocycles. The number of benzene rings is 2. The number of aromatic amines is 3. The smallest absolute Gasteiger partial charge is 0.325 e. The number of H-pyrrole nitrogens is 3. The van der Waals surface area contributed by atoms with Crippen molar-refractivity contribution in [1.29, 1.82) is 5.26 Å². The van der Waals surface area contributed by atoms with Crippen LogP contribution in [0.1, 0.15) is 16.7 Å². The van der Waals surface area contributed by atoms with Crippen LogP contribution in [0.25, 0.3) is 11.3 Å². The number of methoxy groups -OCH3 is 1. The highest BCUT2D eigenvalue weighted by Crippen LogP contribution is 2.27. The van der Waals surface area contributed by atoms with Crippen molar-refractivity contribution in [1.82, 2.24) is 19.9 Å². The number of nitrogens with one attached hydrogen (secondary N) is 4. The van der Waals surface area contributed by atoms with Crippen molar-refractivity contribution in [2.45, 2.75) is 17.5 Å². The summed E-state index contributed by atoms with van der Waals surface area (Å²) >= 11 is 1.32. The number of anilines is 1. The number of ether oxygens (including phenoxy) is 1. The molecule has 0 radical (unpaired) electrons. The van der Waals surface area contributed by atoms with E-state index in [9.17, 15) is 19.6 Å². The second-order valence-electron chi connectivity index (χ2n) is 7.38. The van der Waals surface area contributed by atoms with Gasteiger partial charge in [0.15, 0.2) is 5.16 Å². The Balaban J connectivity index is 1.51. The standard InChI is InChI=1S/C24H20N6O4S/c1-34-18-7-3-5-15(9-18)20-19(10-25)22(32)30-24(28-20)35-13-14-4-2-6-17(8-14)26-11-16-12-27-23(33)29-21(16)31/h2-9,12,26H,11,13H2,1H3,(H,28,30,32)(H2,27,29,31,33). The van der Waals surface area contributed by atoms with E-state index in [4.69, 9.17) is 4.74 Å². The molecule has 4 aromatic rings. The Labute approximate surface area is 203 Å². The average molecular weight is 489 g/mol. The molecular weight excluding hydrogens is 468 g/mol. The highest BCUT2D eigenvalue weighted by Gasteiger charge is 2.14. The fourth-order valence-electron chi connectivity index (χ4n) is 3.29. The van der Waals surface area contributed by atoms with Crippen molar-refractivity contribution in [3.63, 3.8) is 0 Å². The molecule has 10 nitrogen and oxygen atoms in total. The Hall–Kier alpha value is -4.56. The molecule has 0 aliphatic rings. The van der Waals surface area contributed by atoms with Crippen molar-refractivity contribution in [3.8, 4) is 23.1 Å². The second kappa shape index (κ2) is 10.6. The molecule has 0 amide bonds. The van der Waals surface area contributed by atoms with Gasteiger partial charge in [0.25, 0.3) is 11.1 Å². The summed E-state index contributed by atoms with van der Waals surface area (Å²) in [6, 6.07) is 16.5. The van der Waals surface area contributed by atoms with Gasteiger partial charge in [0.1, 0.15) is 17.4 Å². The third-order valence-corrected chi connectivity index (χ3v) is 5.98. The molecular formula is C24H20N6O4S. The fraction of sp³-hybridized carbons (Fsp3) is 0.125. The lowest BCUT2D eigenvalue weighted by atomic mass is 10.1. The van der Waals surface area contributed by atoms with Gasteiger partial charge in [0, 0.05) is 29.7 Å². The van der Waals surface area contributed by atoms with Crippen molar-refractivity contribution >= 4 is 17.4 Å². The molecule has 4 rings (SSSR count). The van der Waals surface area contributed by atoms with Crippen molar-refractivity contribution < 1.29 is 4.74 Å². The lowest BCUT2D eigenvalue weighted by Gasteiger charge is -2.09. The van der Waals surface area contributed by atoms with Crippen LogP contribution in [0.4, 0.5) is 5.69 Å². The highest BCUT2D eigenvalue weighted by atomic mass is 32.2. The van der Waals surface area contributed by atoms with Crippen LogP contribution in [0, 0.1) is 11.3 Å². The van der Waals surface area contributed by atoms with E-state index in [2.05, 4.69) is 25.3 Å². The lowest BCUT2D eigenvalue weighted by Crippen LogP contribution is -2.25. The molecule has 0 aliphatic heterocycles. The average Bonchev–Trinajstić information content (AvgIpc) is 2.87. The molecule has 0 fully saturated rings. The summed E-state index contributed by atoms with van der Waals surface area (Å²) in [5.41, 5.74) is 1.45. The predicted molar refractivity (Wildman–Crippen MR) is 133 cm³/mol. The van der Waals surface area contributed by atoms with E-state index in [1.54, 1.807) is 31.4 Å². The molecule has 0 unspecified atom stereocenters. The molecule has 4 N–H and O–H groups in total. The maximum atomic E-state index is 12.5. The van der Waals surface area contributed by atoms with E-state index in [0.717, 1.165) is 11.3 Å². The normalized spacial score (nSPS) is 10.5. The van der Waals surface area contributed by atoms with Gasteiger partial charge in [-0.2, -0.15) is 5.26 Å². The van der Waals surface area contributed by atoms with Crippen molar-refractivity contribution in [3.05, 3.63) is 103 Å². The van der Waals surface area contributed by atoms with Crippen LogP contribution in [-0.2, 0) is 12.3 Å². The minimum absolute atomic E-state index is 0.0638. The molecule has 35 heavy (non-hydrogen) atoms. The quantitative estimate of drug-likeness (QED) is 0.218. The van der Waals surface area contributed by atoms with E-state index in [0.29, 0.717) is 33.5 Å². The maximum Gasteiger partial charge on any atom is 0.325 e. The number of nitrogens with zero attached hydrogens (tertiary/aromatic N) is 2. The van der Waals surface area contributed by atoms with Crippen LogP contribution in [0.5, 0.6) is 5.75 Å². The SMILES string of the molecule is COc1cccc(-c2nc(SCc3cccc(NCc4c[nH]c(=O)[nH]c4=O)c3)[nH]c(=O)c2C#N)c1. The van der Waals surface area contributed by atoms with Gasteiger partial charge in [-0.1, -0.05) is 36.0 Å². The Morgan fingerprint density at radius 3 is 2.69 bits per heavy atom. The van der Waals surface area contributed by atoms with E-state index in [1.807, 2.05) is 30.3 Å². The first-order valence-electron chi connectivity index (χ1n) is 10.4. The molecule has 0 saturated carbocycles. The number of hydrogen-bond donors (Lipinski definition) is 4. The summed E-state index contributed by atoms with van der Waals surface area (Å²) in [5.74, 6) is 1.09. The van der Waals surface area contributed by atoms with Crippen LogP contribution in [0.3, 0.4) is 0 Å². The van der Waals surface area contributed by atoms with Crippen LogP contribution in [0.15, 0.2) is 74.3 Å². The van der Waals surface area contributed by atoms with Crippen LogP contribution in [-0.4, -0.2) is 27.0 Å². The number of hydrogen-bond acceptors (Lipinski definition) is 8. The highest BCUT2D eigenvalue weighted by molar-refractivity contribution is 7.98. The van der Waals surface area contributed by atoms with Crippen molar-refractivity contribution in [2.24, 2.45) is 0 Å². The zero-order chi connectivity index (χ0) is 24.8. The molecule has 0 spiro atoms. The Morgan fingerprint density at radius 1 is 1.09 bits per heavy atom. The first kappa shape index (κ1) is 23.6. The van der Waals surface area contributed by atoms with Gasteiger partial charge >= 0.3 is 5.69 Å². The van der Waals surface area contributed by atoms with Crippen LogP contribution in [0.2, 0.25) is 0 Å². The van der Waals surface area contributed by atoms with Gasteiger partial charge in [-0.3, -0.25) is 14.6 Å². The Kier molecular flexibility index (Phi) is 7.13. The summed E-state index contributed by atoms with van der Waals surface area (Å²) in [6.45, 7) is 0.233. The largest absolute Gasteiger partial charge is 0.497 e. The first-order chi connectivity index (χ1) is 17.0. The van der Waals surface area contributed by atoms with Crippen molar-refractivity contribution in [2.75, 3.05) is 12.4 Å². The summed E-state index contributed by atoms with van der Waals surface area (Å²) in [5, 5.41) is 13.0. The Bertz CT molecular complexity index is 1580. The summed E-state index contributed by atoms with van der Waals surface area (Å²) in [7, 11) is 1.54. The molecule has 0 saturated heterocycles. The fourth-order valence-corrected chi connectivity index (χ4v) is 4.10. The van der Waals surface area contributed by atoms with Gasteiger partial charge in [-0.15, -0.1) is 0 Å². The minimum atomic E-state index is -0.554. The third-order valence-electron chi connectivity index (χ3n) is 5.03. The van der Waals surface area contributed by atoms with E-state index in [1.165, 1.54) is 18.0 Å². The molecule has 0 atom stereocenters. The predicted octanol–water partition coefficient (Wildman–Crippen LogP) is 2.60. The zero-order valence-electron chi connectivity index (χ0n) is 18.5. The molecule has 0 bridgehead atoms. The van der Waals surface area contributed by atoms with Gasteiger partial charge in [0.2, 0.25) is 0 Å². The Morgan fingerprint density at radius 2 is 1.91 bits per heavy atom. The number of nitriles is 1. The van der Waals surface area contributed by atoms with E-state index < -0.39 is 16.8 Å². The van der Waals surface area contributed by atoms with Gasteiger partial charge in [0.05, 0.1) is 18.4 Å². The molecule has 176 valence electrons. The summed E-state index contributed by atoms with van der Waals surface area (Å²) in [6.07, 6.45) is 1.38. The van der Waals surface area contributed by atoms with Gasteiger partial charge in [-0.25, -0.2) is 9.78 Å². The third kappa shape index (κ3) is 5.69. The van der Waals surface area contributed by atoms with E-state index in [-0.39, 0.29) is 12.1 Å². The lowest BCUT2D eigenvalue weighted by molar-refractivity contribution is 0.415. The minimum Gasteiger partial charge on any atom is -0.497 e. The maximum absolute atomic E-state index is 12.5. The molecule has 2 aromatic carbocycles. The van der Waals surface area contributed by atoms with Crippen LogP contribution >= 0.6 is 11.8 Å². The molecule has 0 aliphatic carbocycles. The second-order valence-corrected chi connectivity index (χ2v) is 8.34. The van der Waals surface area contributed by atoms with Gasteiger partial charge in [-0.05, 0) is 29.8 Å². The zero-order valence-corrected chi connectivity index (χ0v) is 19.4. The summed E-state index contributed by atoms with van der Waals surface area (Å²) < 4.78 is 5.24. The number of aromatic nitrogens is 4. The van der Waals surface area contributed by atoms with Gasteiger partial charge < -0.3 is 20.0 Å². The first-order valence-corrected chi connectivity index (χ1v) is 11.4. The monoisotopic (exact) mass is 488 g/mol. The number of rotatable bonds is 8. The molecule has 11 heteroatoms. The van der Waals surface area contributed by atoms with Crippen LogP contribution < -0.4 is 26.9 Å². The summed E-state index contributed by atoms with van der Waals surface area (Å²) in [4.78, 5) is 47.4.